The van der Waals surface area contributed by atoms with Gasteiger partial charge >= 0.3 is 0 Å². The fraction of sp³-hybridized carbons (Fsp3) is 0.0769. The maximum Gasteiger partial charge on any atom is 0.0319 e. The van der Waals surface area contributed by atoms with Crippen LogP contribution in [-0.4, -0.2) is 12.2 Å². The van der Waals surface area contributed by atoms with E-state index in [4.69, 9.17) is 10.8 Å². The van der Waals surface area contributed by atoms with Crippen molar-refractivity contribution in [3.63, 3.8) is 0 Å². The number of para-hydroxylation sites is 1. The van der Waals surface area contributed by atoms with Crippen molar-refractivity contribution in [2.45, 2.75) is 0 Å². The van der Waals surface area contributed by atoms with Crippen molar-refractivity contribution in [2.75, 3.05) is 12.8 Å². The molecule has 0 saturated heterocycles. The van der Waals surface area contributed by atoms with Gasteiger partial charge in [-0.25, -0.2) is 0 Å². The van der Waals surface area contributed by atoms with Crippen LogP contribution in [0.1, 0.15) is 0 Å². The quantitative estimate of drug-likeness (QED) is 0.482. The van der Waals surface area contributed by atoms with Crippen molar-refractivity contribution in [1.29, 1.82) is 0 Å². The molecular formula is C13H14NOPd-. The Bertz CT molecular complexity index is 404. The van der Waals surface area contributed by atoms with Crippen LogP contribution >= 0.6 is 0 Å². The zero-order valence-electron chi connectivity index (χ0n) is 8.96. The molecule has 3 N–H and O–H groups in total. The molecule has 0 spiro atoms. The minimum Gasteiger partial charge on any atom is -0.406 e. The van der Waals surface area contributed by atoms with E-state index < -0.39 is 0 Å². The van der Waals surface area contributed by atoms with Crippen molar-refractivity contribution < 1.29 is 25.5 Å². The Morgan fingerprint density at radius 1 is 1.00 bits per heavy atom. The van der Waals surface area contributed by atoms with Crippen LogP contribution in [0.15, 0.2) is 48.5 Å². The van der Waals surface area contributed by atoms with Gasteiger partial charge in [0.25, 0.3) is 0 Å². The average Bonchev–Trinajstić information content (AvgIpc) is 2.33. The minimum atomic E-state index is 0. The number of nitrogens with two attached hydrogens (primary N) is 1. The molecule has 0 fully saturated rings. The fourth-order valence-corrected chi connectivity index (χ4v) is 1.30. The third-order valence-corrected chi connectivity index (χ3v) is 1.96. The minimum absolute atomic E-state index is 0. The van der Waals surface area contributed by atoms with Crippen LogP contribution in [0.4, 0.5) is 5.69 Å². The monoisotopic (exact) mass is 306 g/mol. The molecule has 0 saturated carbocycles. The smallest absolute Gasteiger partial charge is 0.0319 e. The Morgan fingerprint density at radius 2 is 1.62 bits per heavy atom. The van der Waals surface area contributed by atoms with Crippen molar-refractivity contribution in [3.8, 4) is 11.1 Å². The van der Waals surface area contributed by atoms with Crippen molar-refractivity contribution in [2.24, 2.45) is 0 Å². The zero-order valence-corrected chi connectivity index (χ0v) is 10.5. The molecule has 0 atom stereocenters. The van der Waals surface area contributed by atoms with Crippen LogP contribution in [0.5, 0.6) is 0 Å². The fourth-order valence-electron chi connectivity index (χ4n) is 1.30. The Kier molecular flexibility index (Phi) is 7.49. The Hall–Kier alpha value is -1.14. The molecule has 0 radical (unpaired) electrons. The van der Waals surface area contributed by atoms with Gasteiger partial charge in [0.05, 0.1) is 0 Å². The van der Waals surface area contributed by atoms with E-state index in [-0.39, 0.29) is 20.4 Å². The number of aliphatic hydroxyl groups is 1. The molecule has 2 rings (SSSR count). The SMILES string of the molecule is CO.Nc1ccccc1-c1[c-]cccc1.[Pd]. The summed E-state index contributed by atoms with van der Waals surface area (Å²) in [7, 11) is 1.00. The predicted molar refractivity (Wildman–Crippen MR) is 63.3 cm³/mol. The summed E-state index contributed by atoms with van der Waals surface area (Å²) in [6.07, 6.45) is 0. The van der Waals surface area contributed by atoms with Gasteiger partial charge in [0.2, 0.25) is 0 Å². The summed E-state index contributed by atoms with van der Waals surface area (Å²) in [6, 6.07) is 18.8. The summed E-state index contributed by atoms with van der Waals surface area (Å²) in [5.41, 5.74) is 8.72. The molecule has 0 heterocycles. The molecule has 2 aromatic rings. The number of aliphatic hydroxyl groups excluding tert-OH is 1. The van der Waals surface area contributed by atoms with Crippen LogP contribution in [-0.2, 0) is 20.4 Å². The van der Waals surface area contributed by atoms with Gasteiger partial charge in [-0.15, -0.1) is 35.9 Å². The first kappa shape index (κ1) is 14.9. The van der Waals surface area contributed by atoms with Gasteiger partial charge in [-0.3, -0.25) is 0 Å². The van der Waals surface area contributed by atoms with E-state index in [0.717, 1.165) is 23.9 Å². The summed E-state index contributed by atoms with van der Waals surface area (Å²) in [4.78, 5) is 0. The number of nitrogen functional groups attached to an aromatic ring is 1. The van der Waals surface area contributed by atoms with Gasteiger partial charge in [-0.1, -0.05) is 23.8 Å². The molecule has 0 aliphatic carbocycles. The molecule has 2 nitrogen and oxygen atoms in total. The first-order valence-electron chi connectivity index (χ1n) is 4.64. The molecule has 0 bridgehead atoms. The van der Waals surface area contributed by atoms with Crippen molar-refractivity contribution in [3.05, 3.63) is 54.6 Å². The van der Waals surface area contributed by atoms with Crippen molar-refractivity contribution in [1.82, 2.24) is 0 Å². The molecule has 0 amide bonds. The maximum absolute atomic E-state index is 7.00. The zero-order chi connectivity index (χ0) is 11.1. The maximum atomic E-state index is 7.00. The normalized spacial score (nSPS) is 8.38. The molecule has 2 aromatic carbocycles. The van der Waals surface area contributed by atoms with Crippen LogP contribution < -0.4 is 5.73 Å². The second-order valence-electron chi connectivity index (χ2n) is 2.86. The van der Waals surface area contributed by atoms with Crippen LogP contribution in [0.3, 0.4) is 0 Å². The van der Waals surface area contributed by atoms with E-state index in [1.807, 2.05) is 48.5 Å². The van der Waals surface area contributed by atoms with Gasteiger partial charge in [0.1, 0.15) is 0 Å². The summed E-state index contributed by atoms with van der Waals surface area (Å²) >= 11 is 0. The summed E-state index contributed by atoms with van der Waals surface area (Å²) < 4.78 is 0. The Morgan fingerprint density at radius 3 is 2.19 bits per heavy atom. The number of rotatable bonds is 1. The number of anilines is 1. The standard InChI is InChI=1S/C12H10N.CH4O.Pd/c13-12-9-5-4-8-11(12)10-6-2-1-3-7-10;1-2;/h1-6,8-9H,13H2;2H,1H3;/q-1;;. The molecular weight excluding hydrogens is 293 g/mol. The van der Waals surface area contributed by atoms with E-state index in [2.05, 4.69) is 6.07 Å². The van der Waals surface area contributed by atoms with Gasteiger partial charge in [0, 0.05) is 27.5 Å². The van der Waals surface area contributed by atoms with E-state index >= 15 is 0 Å². The van der Waals surface area contributed by atoms with E-state index in [9.17, 15) is 0 Å². The number of benzene rings is 2. The third kappa shape index (κ3) is 3.79. The van der Waals surface area contributed by atoms with E-state index in [1.54, 1.807) is 0 Å². The first-order valence-corrected chi connectivity index (χ1v) is 4.64. The van der Waals surface area contributed by atoms with Crippen LogP contribution in [0, 0.1) is 6.07 Å². The molecule has 88 valence electrons. The molecule has 16 heavy (non-hydrogen) atoms. The molecule has 0 aliphatic rings. The van der Waals surface area contributed by atoms with E-state index in [0.29, 0.717) is 0 Å². The van der Waals surface area contributed by atoms with Gasteiger partial charge in [-0.05, 0) is 11.8 Å². The van der Waals surface area contributed by atoms with Gasteiger partial charge in [-0.2, -0.15) is 0 Å². The second-order valence-corrected chi connectivity index (χ2v) is 2.86. The summed E-state index contributed by atoms with van der Waals surface area (Å²) in [5, 5.41) is 7.00. The van der Waals surface area contributed by atoms with Gasteiger partial charge < -0.3 is 10.8 Å². The molecule has 3 heteroatoms. The summed E-state index contributed by atoms with van der Waals surface area (Å²) in [5.74, 6) is 0. The number of hydrogen-bond acceptors (Lipinski definition) is 2. The van der Waals surface area contributed by atoms with Gasteiger partial charge in [0.15, 0.2) is 0 Å². The summed E-state index contributed by atoms with van der Waals surface area (Å²) in [6.45, 7) is 0. The van der Waals surface area contributed by atoms with Crippen LogP contribution in [0.25, 0.3) is 11.1 Å². The molecule has 0 unspecified atom stereocenters. The second kappa shape index (κ2) is 8.07. The molecule has 0 aliphatic heterocycles. The van der Waals surface area contributed by atoms with Crippen LogP contribution in [0.2, 0.25) is 0 Å². The first-order chi connectivity index (χ1) is 7.38. The Labute approximate surface area is 110 Å². The predicted octanol–water partition coefficient (Wildman–Crippen LogP) is 2.34. The van der Waals surface area contributed by atoms with Crippen molar-refractivity contribution >= 4 is 5.69 Å². The Balaban J connectivity index is 0.000000711. The number of hydrogen-bond donors (Lipinski definition) is 2. The largest absolute Gasteiger partial charge is 0.406 e. The van der Waals surface area contributed by atoms with E-state index in [1.165, 1.54) is 0 Å². The molecule has 0 aromatic heterocycles. The topological polar surface area (TPSA) is 46.2 Å². The average molecular weight is 307 g/mol. The third-order valence-electron chi connectivity index (χ3n) is 1.96.